The van der Waals surface area contributed by atoms with E-state index in [0.717, 1.165) is 25.7 Å². The van der Waals surface area contributed by atoms with E-state index >= 15 is 0 Å². The highest BCUT2D eigenvalue weighted by Gasteiger charge is 2.20. The molecule has 0 radical (unpaired) electrons. The van der Waals surface area contributed by atoms with Gasteiger partial charge in [0.1, 0.15) is 0 Å². The zero-order chi connectivity index (χ0) is 13.1. The second kappa shape index (κ2) is 5.36. The number of rotatable bonds is 3. The van der Waals surface area contributed by atoms with Crippen LogP contribution in [-0.4, -0.2) is 22.3 Å². The molecule has 18 heavy (non-hydrogen) atoms. The molecule has 0 bridgehead atoms. The van der Waals surface area contributed by atoms with Crippen LogP contribution in [0.4, 0.5) is 0 Å². The first-order valence-electron chi connectivity index (χ1n) is 6.28. The Morgan fingerprint density at radius 1 is 1.11 bits per heavy atom. The van der Waals surface area contributed by atoms with Crippen molar-refractivity contribution in [1.82, 2.24) is 0 Å². The summed E-state index contributed by atoms with van der Waals surface area (Å²) in [5, 5.41) is 18.3. The van der Waals surface area contributed by atoms with E-state index in [0.29, 0.717) is 11.5 Å². The predicted molar refractivity (Wildman–Crippen MR) is 70.3 cm³/mol. The minimum Gasteiger partial charge on any atom is -0.478 e. The van der Waals surface area contributed by atoms with Crippen LogP contribution in [0.5, 0.6) is 0 Å². The van der Waals surface area contributed by atoms with E-state index in [4.69, 9.17) is 5.11 Å². The van der Waals surface area contributed by atoms with Crippen LogP contribution in [0, 0.1) is 0 Å². The Balaban J connectivity index is 2.08. The number of aliphatic hydroxyl groups excluding tert-OH is 1. The molecule has 3 heteroatoms. The molecular weight excluding hydrogens is 228 g/mol. The maximum absolute atomic E-state index is 10.8. The highest BCUT2D eigenvalue weighted by atomic mass is 16.4. The predicted octanol–water partition coefficient (Wildman–Crippen LogP) is 2.80. The number of hydrogen-bond donors (Lipinski definition) is 2. The fourth-order valence-electron chi connectivity index (χ4n) is 2.49. The maximum Gasteiger partial charge on any atom is 0.335 e. The van der Waals surface area contributed by atoms with Gasteiger partial charge in [0.15, 0.2) is 0 Å². The van der Waals surface area contributed by atoms with Crippen LogP contribution in [0.25, 0.3) is 5.57 Å². The lowest BCUT2D eigenvalue weighted by Crippen LogP contribution is -2.16. The quantitative estimate of drug-likeness (QED) is 0.806. The SMILES string of the molecule is C=C(C(=O)O)c1ccc(C2CCC(O)CC2)cc1. The van der Waals surface area contributed by atoms with Crippen LogP contribution in [0.15, 0.2) is 30.8 Å². The van der Waals surface area contributed by atoms with Crippen molar-refractivity contribution in [2.45, 2.75) is 37.7 Å². The summed E-state index contributed by atoms with van der Waals surface area (Å²) in [4.78, 5) is 10.8. The average Bonchev–Trinajstić information content (AvgIpc) is 2.39. The lowest BCUT2D eigenvalue weighted by atomic mass is 9.82. The lowest BCUT2D eigenvalue weighted by molar-refractivity contribution is -0.130. The lowest BCUT2D eigenvalue weighted by Gasteiger charge is -2.25. The van der Waals surface area contributed by atoms with E-state index in [9.17, 15) is 9.90 Å². The van der Waals surface area contributed by atoms with Gasteiger partial charge in [-0.1, -0.05) is 30.8 Å². The Kier molecular flexibility index (Phi) is 3.82. The van der Waals surface area contributed by atoms with Gasteiger partial charge in [0.05, 0.1) is 11.7 Å². The van der Waals surface area contributed by atoms with Crippen LogP contribution in [0.3, 0.4) is 0 Å². The molecular formula is C15H18O3. The van der Waals surface area contributed by atoms with Gasteiger partial charge in [0, 0.05) is 0 Å². The van der Waals surface area contributed by atoms with E-state index < -0.39 is 5.97 Å². The van der Waals surface area contributed by atoms with Crippen molar-refractivity contribution in [2.24, 2.45) is 0 Å². The van der Waals surface area contributed by atoms with E-state index in [2.05, 4.69) is 6.58 Å². The van der Waals surface area contributed by atoms with Gasteiger partial charge in [-0.2, -0.15) is 0 Å². The van der Waals surface area contributed by atoms with Gasteiger partial charge in [-0.3, -0.25) is 0 Å². The molecule has 2 N–H and O–H groups in total. The Morgan fingerprint density at radius 2 is 1.67 bits per heavy atom. The topological polar surface area (TPSA) is 57.5 Å². The number of carboxylic acid groups (broad SMARTS) is 1. The minimum absolute atomic E-state index is 0.126. The van der Waals surface area contributed by atoms with Crippen molar-refractivity contribution >= 4 is 11.5 Å². The number of aliphatic carboxylic acids is 1. The molecule has 1 aliphatic rings. The molecule has 0 aromatic heterocycles. The second-order valence-corrected chi connectivity index (χ2v) is 4.91. The van der Waals surface area contributed by atoms with Gasteiger partial charge in [0.2, 0.25) is 0 Å². The Bertz CT molecular complexity index is 439. The molecule has 96 valence electrons. The van der Waals surface area contributed by atoms with Crippen molar-refractivity contribution < 1.29 is 15.0 Å². The monoisotopic (exact) mass is 246 g/mol. The van der Waals surface area contributed by atoms with E-state index in [-0.39, 0.29) is 11.7 Å². The van der Waals surface area contributed by atoms with Gasteiger partial charge in [-0.25, -0.2) is 4.79 Å². The van der Waals surface area contributed by atoms with Crippen molar-refractivity contribution in [2.75, 3.05) is 0 Å². The summed E-state index contributed by atoms with van der Waals surface area (Å²) < 4.78 is 0. The molecule has 0 unspecified atom stereocenters. The number of aliphatic hydroxyl groups is 1. The molecule has 1 aromatic carbocycles. The van der Waals surface area contributed by atoms with Crippen LogP contribution < -0.4 is 0 Å². The first kappa shape index (κ1) is 12.8. The zero-order valence-corrected chi connectivity index (χ0v) is 10.3. The van der Waals surface area contributed by atoms with Gasteiger partial charge in [0.25, 0.3) is 0 Å². The summed E-state index contributed by atoms with van der Waals surface area (Å²) in [6, 6.07) is 7.59. The summed E-state index contributed by atoms with van der Waals surface area (Å²) in [6.07, 6.45) is 3.57. The standard InChI is InChI=1S/C15H18O3/c1-10(15(17)18)11-2-4-12(5-3-11)13-6-8-14(16)9-7-13/h2-5,13-14,16H,1,6-9H2,(H,17,18). The molecule has 3 nitrogen and oxygen atoms in total. The van der Waals surface area contributed by atoms with Gasteiger partial charge >= 0.3 is 5.97 Å². The Morgan fingerprint density at radius 3 is 2.17 bits per heavy atom. The molecule has 0 saturated heterocycles. The molecule has 1 saturated carbocycles. The van der Waals surface area contributed by atoms with E-state index in [1.54, 1.807) is 0 Å². The smallest absolute Gasteiger partial charge is 0.335 e. The van der Waals surface area contributed by atoms with Crippen LogP contribution in [-0.2, 0) is 4.79 Å². The van der Waals surface area contributed by atoms with Crippen LogP contribution in [0.2, 0.25) is 0 Å². The van der Waals surface area contributed by atoms with Crippen molar-refractivity contribution in [3.05, 3.63) is 42.0 Å². The summed E-state index contributed by atoms with van der Waals surface area (Å²) in [5.74, 6) is -0.496. The molecule has 2 rings (SSSR count). The molecule has 0 spiro atoms. The molecule has 1 fully saturated rings. The van der Waals surface area contributed by atoms with E-state index in [1.807, 2.05) is 24.3 Å². The van der Waals surface area contributed by atoms with Gasteiger partial charge < -0.3 is 10.2 Å². The molecule has 0 heterocycles. The molecule has 0 atom stereocenters. The van der Waals surface area contributed by atoms with E-state index in [1.165, 1.54) is 5.56 Å². The third-order valence-corrected chi connectivity index (χ3v) is 3.69. The van der Waals surface area contributed by atoms with Gasteiger partial charge in [-0.15, -0.1) is 0 Å². The fraction of sp³-hybridized carbons (Fsp3) is 0.400. The normalized spacial score (nSPS) is 23.6. The summed E-state index contributed by atoms with van der Waals surface area (Å²) in [5.41, 5.74) is 2.01. The summed E-state index contributed by atoms with van der Waals surface area (Å²) in [7, 11) is 0. The molecule has 1 aliphatic carbocycles. The first-order chi connectivity index (χ1) is 8.58. The number of benzene rings is 1. The second-order valence-electron chi connectivity index (χ2n) is 4.91. The third-order valence-electron chi connectivity index (χ3n) is 3.69. The number of hydrogen-bond acceptors (Lipinski definition) is 2. The number of carbonyl (C=O) groups is 1. The first-order valence-corrected chi connectivity index (χ1v) is 6.28. The summed E-state index contributed by atoms with van der Waals surface area (Å²) >= 11 is 0. The Labute approximate surface area is 107 Å². The van der Waals surface area contributed by atoms with Crippen molar-refractivity contribution in [1.29, 1.82) is 0 Å². The molecule has 1 aromatic rings. The summed E-state index contributed by atoms with van der Waals surface area (Å²) in [6.45, 7) is 3.54. The third kappa shape index (κ3) is 2.79. The zero-order valence-electron chi connectivity index (χ0n) is 10.3. The fourth-order valence-corrected chi connectivity index (χ4v) is 2.49. The highest BCUT2D eigenvalue weighted by molar-refractivity contribution is 6.14. The highest BCUT2D eigenvalue weighted by Crippen LogP contribution is 2.33. The Hall–Kier alpha value is -1.61. The van der Waals surface area contributed by atoms with Crippen molar-refractivity contribution in [3.63, 3.8) is 0 Å². The van der Waals surface area contributed by atoms with Crippen LogP contribution >= 0.6 is 0 Å². The average molecular weight is 246 g/mol. The number of carboxylic acids is 1. The largest absolute Gasteiger partial charge is 0.478 e. The maximum atomic E-state index is 10.8. The van der Waals surface area contributed by atoms with Crippen LogP contribution in [0.1, 0.15) is 42.7 Å². The minimum atomic E-state index is -0.983. The van der Waals surface area contributed by atoms with Gasteiger partial charge in [-0.05, 0) is 42.7 Å². The van der Waals surface area contributed by atoms with Crippen molar-refractivity contribution in [3.8, 4) is 0 Å². The molecule has 0 amide bonds. The molecule has 0 aliphatic heterocycles.